The fraction of sp³-hybridized carbons (Fsp3) is 0.414. The second-order valence-corrected chi connectivity index (χ2v) is 11.0. The molecule has 1 aliphatic rings. The zero-order chi connectivity index (χ0) is 22.3. The van der Waals surface area contributed by atoms with Crippen molar-refractivity contribution in [2.75, 3.05) is 0 Å². The Hall–Kier alpha value is -2.61. The van der Waals surface area contributed by atoms with E-state index in [4.69, 9.17) is 4.42 Å². The molecular formula is C29H34NO+. The number of fused-ring (bicyclic) bond motifs is 5. The predicted molar refractivity (Wildman–Crippen MR) is 130 cm³/mol. The molecule has 2 heteroatoms. The summed E-state index contributed by atoms with van der Waals surface area (Å²) in [6, 6.07) is 11.4. The Morgan fingerprint density at radius 3 is 2.29 bits per heavy atom. The van der Waals surface area contributed by atoms with Crippen LogP contribution in [0, 0.1) is 20.8 Å². The van der Waals surface area contributed by atoms with Gasteiger partial charge in [-0.15, -0.1) is 0 Å². The maximum Gasteiger partial charge on any atom is 0.216 e. The van der Waals surface area contributed by atoms with Crippen molar-refractivity contribution in [1.29, 1.82) is 0 Å². The summed E-state index contributed by atoms with van der Waals surface area (Å²) in [5, 5.41) is 2.56. The van der Waals surface area contributed by atoms with Crippen LogP contribution in [0.15, 0.2) is 40.9 Å². The van der Waals surface area contributed by atoms with E-state index in [1.54, 1.807) is 0 Å². The van der Waals surface area contributed by atoms with E-state index in [1.165, 1.54) is 62.7 Å². The third-order valence-electron chi connectivity index (χ3n) is 7.79. The molecule has 160 valence electrons. The predicted octanol–water partition coefficient (Wildman–Crippen LogP) is 7.35. The van der Waals surface area contributed by atoms with Crippen molar-refractivity contribution in [2.24, 2.45) is 7.05 Å². The molecule has 31 heavy (non-hydrogen) atoms. The van der Waals surface area contributed by atoms with Crippen LogP contribution in [0.4, 0.5) is 0 Å². The molecule has 0 fully saturated rings. The molecule has 0 saturated heterocycles. The van der Waals surface area contributed by atoms with Gasteiger partial charge in [0, 0.05) is 22.4 Å². The molecule has 4 aromatic rings. The van der Waals surface area contributed by atoms with Crippen LogP contribution in [0.25, 0.3) is 33.2 Å². The third-order valence-corrected chi connectivity index (χ3v) is 7.79. The molecule has 1 aliphatic carbocycles. The lowest BCUT2D eigenvalue weighted by Crippen LogP contribution is -2.33. The summed E-state index contributed by atoms with van der Waals surface area (Å²) in [6.45, 7) is 16.1. The molecule has 2 heterocycles. The lowest BCUT2D eigenvalue weighted by molar-refractivity contribution is -0.660. The average Bonchev–Trinajstić information content (AvgIpc) is 3.07. The summed E-state index contributed by atoms with van der Waals surface area (Å²) in [7, 11) is 2.14. The second kappa shape index (κ2) is 6.45. The minimum absolute atomic E-state index is 0.136. The number of rotatable bonds is 1. The fourth-order valence-corrected chi connectivity index (χ4v) is 5.63. The number of aryl methyl sites for hydroxylation is 4. The monoisotopic (exact) mass is 412 g/mol. The van der Waals surface area contributed by atoms with Crippen molar-refractivity contribution in [3.8, 4) is 11.3 Å². The first-order chi connectivity index (χ1) is 14.5. The molecule has 2 nitrogen and oxygen atoms in total. The molecule has 0 bridgehead atoms. The highest BCUT2D eigenvalue weighted by atomic mass is 16.3. The van der Waals surface area contributed by atoms with Gasteiger partial charge in [-0.05, 0) is 72.8 Å². The molecule has 0 radical (unpaired) electrons. The van der Waals surface area contributed by atoms with Crippen molar-refractivity contribution >= 4 is 21.9 Å². The highest BCUT2D eigenvalue weighted by Crippen LogP contribution is 2.51. The molecule has 0 spiro atoms. The second-order valence-electron chi connectivity index (χ2n) is 11.0. The highest BCUT2D eigenvalue weighted by molar-refractivity contribution is 6.12. The van der Waals surface area contributed by atoms with Gasteiger partial charge in [-0.25, -0.2) is 4.57 Å². The minimum atomic E-state index is 0.136. The number of furan rings is 1. The van der Waals surface area contributed by atoms with E-state index < -0.39 is 0 Å². The molecular weight excluding hydrogens is 378 g/mol. The first-order valence-corrected chi connectivity index (χ1v) is 11.5. The number of nitrogens with zero attached hydrogens (tertiary/aromatic N) is 1. The van der Waals surface area contributed by atoms with Crippen LogP contribution in [0.1, 0.15) is 68.4 Å². The van der Waals surface area contributed by atoms with Crippen LogP contribution in [-0.2, 0) is 17.9 Å². The Kier molecular flexibility index (Phi) is 4.22. The maximum atomic E-state index is 6.66. The molecule has 0 unspecified atom stereocenters. The lowest BCUT2D eigenvalue weighted by Gasteiger charge is -2.42. The number of hydrogen-bond donors (Lipinski definition) is 0. The molecule has 0 aliphatic heterocycles. The van der Waals surface area contributed by atoms with Gasteiger partial charge in [0.2, 0.25) is 5.69 Å². The standard InChI is InChI=1S/C29H34NO/c1-17-9-10-20-25-23(12-11-21-26(25)29(6,7)14-13-28(21,4)5)31-27(20)24(17)22-15-18(2)19(3)16-30(22)8/h9-12,15-16H,13-14H2,1-8H3/q+1. The van der Waals surface area contributed by atoms with E-state index in [-0.39, 0.29) is 10.8 Å². The van der Waals surface area contributed by atoms with E-state index in [9.17, 15) is 0 Å². The number of benzene rings is 2. The molecule has 2 aromatic heterocycles. The van der Waals surface area contributed by atoms with Gasteiger partial charge in [0.25, 0.3) is 0 Å². The first-order valence-electron chi connectivity index (χ1n) is 11.5. The maximum absolute atomic E-state index is 6.66. The molecule has 0 N–H and O–H groups in total. The van der Waals surface area contributed by atoms with Crippen molar-refractivity contribution in [3.05, 3.63) is 64.3 Å². The first kappa shape index (κ1) is 20.3. The third kappa shape index (κ3) is 2.87. The zero-order valence-electron chi connectivity index (χ0n) is 20.2. The SMILES string of the molecule is Cc1cc(-c2c(C)ccc3c2oc2ccc4c(c23)C(C)(C)CCC4(C)C)[n+](C)cc1C. The normalized spacial score (nSPS) is 17.3. The van der Waals surface area contributed by atoms with E-state index in [1.807, 2.05) is 0 Å². The Morgan fingerprint density at radius 1 is 0.839 bits per heavy atom. The fourth-order valence-electron chi connectivity index (χ4n) is 5.63. The summed E-state index contributed by atoms with van der Waals surface area (Å²) in [4.78, 5) is 0. The average molecular weight is 413 g/mol. The van der Waals surface area contributed by atoms with Gasteiger partial charge in [0.15, 0.2) is 6.20 Å². The number of hydrogen-bond acceptors (Lipinski definition) is 1. The van der Waals surface area contributed by atoms with Gasteiger partial charge in [0.05, 0.1) is 5.56 Å². The Labute approximate surface area is 185 Å². The van der Waals surface area contributed by atoms with Crippen LogP contribution in [-0.4, -0.2) is 0 Å². The minimum Gasteiger partial charge on any atom is -0.455 e. The Bertz CT molecular complexity index is 1370. The Morgan fingerprint density at radius 2 is 1.55 bits per heavy atom. The van der Waals surface area contributed by atoms with E-state index in [0.29, 0.717) is 0 Å². The summed E-state index contributed by atoms with van der Waals surface area (Å²) < 4.78 is 8.89. The van der Waals surface area contributed by atoms with Gasteiger partial charge in [-0.1, -0.05) is 45.9 Å². The summed E-state index contributed by atoms with van der Waals surface area (Å²) in [5.41, 5.74) is 11.6. The van der Waals surface area contributed by atoms with Crippen molar-refractivity contribution in [1.82, 2.24) is 0 Å². The smallest absolute Gasteiger partial charge is 0.216 e. The lowest BCUT2D eigenvalue weighted by atomic mass is 9.62. The summed E-state index contributed by atoms with van der Waals surface area (Å²) in [6.07, 6.45) is 4.64. The van der Waals surface area contributed by atoms with Crippen LogP contribution in [0.2, 0.25) is 0 Å². The van der Waals surface area contributed by atoms with Crippen LogP contribution >= 0.6 is 0 Å². The van der Waals surface area contributed by atoms with Gasteiger partial charge in [-0.2, -0.15) is 0 Å². The van der Waals surface area contributed by atoms with E-state index in [2.05, 4.69) is 96.6 Å². The van der Waals surface area contributed by atoms with Gasteiger partial charge < -0.3 is 4.42 Å². The van der Waals surface area contributed by atoms with Crippen molar-refractivity contribution in [2.45, 2.75) is 72.1 Å². The van der Waals surface area contributed by atoms with Crippen LogP contribution in [0.3, 0.4) is 0 Å². The van der Waals surface area contributed by atoms with Crippen LogP contribution in [0.5, 0.6) is 0 Å². The topological polar surface area (TPSA) is 17.0 Å². The Balaban J connectivity index is 1.93. The molecule has 0 amide bonds. The number of pyridine rings is 1. The zero-order valence-corrected chi connectivity index (χ0v) is 20.2. The van der Waals surface area contributed by atoms with Crippen molar-refractivity contribution < 1.29 is 8.98 Å². The highest BCUT2D eigenvalue weighted by Gasteiger charge is 2.39. The van der Waals surface area contributed by atoms with Crippen LogP contribution < -0.4 is 4.57 Å². The van der Waals surface area contributed by atoms with Gasteiger partial charge in [0.1, 0.15) is 18.2 Å². The van der Waals surface area contributed by atoms with E-state index >= 15 is 0 Å². The van der Waals surface area contributed by atoms with Gasteiger partial charge >= 0.3 is 0 Å². The largest absolute Gasteiger partial charge is 0.455 e. The number of aromatic nitrogens is 1. The summed E-state index contributed by atoms with van der Waals surface area (Å²) >= 11 is 0. The molecule has 2 aromatic carbocycles. The molecule has 0 atom stereocenters. The van der Waals surface area contributed by atoms with Crippen molar-refractivity contribution in [3.63, 3.8) is 0 Å². The quantitative estimate of drug-likeness (QED) is 0.299. The molecule has 0 saturated carbocycles. The van der Waals surface area contributed by atoms with Gasteiger partial charge in [-0.3, -0.25) is 0 Å². The molecule has 5 rings (SSSR count). The summed E-state index contributed by atoms with van der Waals surface area (Å²) in [5.74, 6) is 0. The van der Waals surface area contributed by atoms with E-state index in [0.717, 1.165) is 11.2 Å².